The van der Waals surface area contributed by atoms with E-state index in [4.69, 9.17) is 71.3 Å². The highest BCUT2D eigenvalue weighted by Crippen LogP contribution is 2.48. The lowest BCUT2D eigenvalue weighted by Crippen LogP contribution is -2.58. The van der Waals surface area contributed by atoms with E-state index < -0.39 is 23.0 Å². The van der Waals surface area contributed by atoms with Crippen molar-refractivity contribution in [1.29, 1.82) is 0 Å². The van der Waals surface area contributed by atoms with E-state index in [1.807, 2.05) is 98.2 Å². The number of nitrogens with zero attached hydrogens (tertiary/aromatic N) is 16. The summed E-state index contributed by atoms with van der Waals surface area (Å²) in [6.07, 6.45) is 24.6. The Morgan fingerprint density at radius 1 is 0.429 bits per heavy atom. The van der Waals surface area contributed by atoms with Gasteiger partial charge in [0.2, 0.25) is 23.8 Å². The van der Waals surface area contributed by atoms with Gasteiger partial charge < -0.3 is 80.9 Å². The number of halogens is 4. The predicted octanol–water partition coefficient (Wildman–Crippen LogP) is 20.1. The summed E-state index contributed by atoms with van der Waals surface area (Å²) >= 11 is 26.0. The molecule has 30 heteroatoms. The van der Waals surface area contributed by atoms with Crippen LogP contribution in [-0.2, 0) is 22.4 Å². The maximum atomic E-state index is 11.5. The SMILES string of the molecule is Cc1ccc(C(C)Nc2nc(N3CC(C4CCCN(C5CC(C(=O)O)C5)C4)C3)ncc2C)c(Cl)c1.Cc1ccc(C(C)Nc2nc(N3CC(C4CCCN(C5CC(C)(C(=O)O)C5)C4)C3)nc3c2CCC3)c(Cl)c1.Cc1ccc(C(C)Nc2nc(N3CC(C4CCCN(C5CC(CO)C5)C4)C3)ncc2C)c(Cl)c1.Cc1ccc(C(C)Nc2nc(N3CC(C4CCCN(CC(C)(C)O)C4)C3)ncc2C)c(Cl)c1. The first kappa shape index (κ1) is 103. The number of hydrogen-bond acceptors (Lipinski definition) is 24. The van der Waals surface area contributed by atoms with Crippen LogP contribution in [0.1, 0.15) is 241 Å². The minimum absolute atomic E-state index is 0.0362. The number of aromatic nitrogens is 8. The highest BCUT2D eigenvalue weighted by Gasteiger charge is 2.51. The molecule has 8 N–H and O–H groups in total. The molecule has 11 fully saturated rings. The number of aryl methyl sites for hydroxylation is 8. The zero-order chi connectivity index (χ0) is 98.9. The summed E-state index contributed by atoms with van der Waals surface area (Å²) in [6.45, 7) is 46.8. The zero-order valence-electron chi connectivity index (χ0n) is 85.0. The Morgan fingerprint density at radius 3 is 1.11 bits per heavy atom. The van der Waals surface area contributed by atoms with Crippen molar-refractivity contribution in [1.82, 2.24) is 59.5 Å². The Morgan fingerprint density at radius 2 is 0.764 bits per heavy atom. The Labute approximate surface area is 850 Å². The number of nitrogens with one attached hydrogen (secondary N) is 4. The van der Waals surface area contributed by atoms with Gasteiger partial charge in [0, 0.05) is 171 Å². The van der Waals surface area contributed by atoms with Crippen LogP contribution in [-0.4, -0.2) is 233 Å². The highest BCUT2D eigenvalue weighted by molar-refractivity contribution is 6.32. The summed E-state index contributed by atoms with van der Waals surface area (Å²) in [4.78, 5) is 80.8. The van der Waals surface area contributed by atoms with E-state index in [-0.39, 0.29) is 30.1 Å². The molecule has 0 spiro atoms. The standard InChI is InChI=1S/C30H40ClN5O2.C27H36ClN5O2.C27H38ClN5O.C26H38ClN5O/c1-18-9-10-23(25(31)12-18)19(2)32-27-24-7-4-8-26(24)33-29(34-27)36-16-21(17-36)20-6-5-11-35(15-20)22-13-30(3,14-22)28(37)38;1-16-6-7-23(24(28)9-16)18(3)30-25-17(2)12-29-27(31-25)33-14-21(15-33)19-5-4-8-32(13-19)22-10-20(11-22)26(34)35;1-17-6-7-24(25(28)9-17)19(3)30-26-18(2)12-29-27(31-26)33-14-22(15-33)21-5-4-8-32(13-21)23-10-20(11-23)16-34;1-17-8-9-22(23(27)11-17)19(3)29-24-18(2)12-28-25(30-24)32-14-21(15-32)20-7-6-10-31(13-20)16-26(4,5)33/h9-10,12,19-22H,4-8,11,13-17H2,1-3H3,(H,37,38)(H,32,33,34);6-7,9,12,18-22H,4-5,8,10-11,13-15H2,1-3H3,(H,34,35)(H,29,30,31);6-7,9,12,19-23,34H,4-5,8,10-11,13-16H2,1-3H3,(H,29,30,31);8-9,11-12,19-21,33H,6-7,10,13-16H2,1-5H3,(H,28,29,30). The van der Waals surface area contributed by atoms with Gasteiger partial charge in [-0.15, -0.1) is 0 Å². The molecule has 26 nitrogen and oxygen atoms in total. The van der Waals surface area contributed by atoms with Crippen molar-refractivity contribution in [3.8, 4) is 0 Å². The number of rotatable bonds is 28. The number of carboxylic acid groups (broad SMARTS) is 2. The Bertz CT molecular complexity index is 5630. The summed E-state index contributed by atoms with van der Waals surface area (Å²) < 4.78 is 0. The minimum atomic E-state index is -0.642. The molecular formula is C110H152Cl4N20O6. The van der Waals surface area contributed by atoms with Crippen LogP contribution in [0.4, 0.5) is 47.1 Å². The fraction of sp³-hybridized carbons (Fsp3) is 0.618. The second kappa shape index (κ2) is 44.6. The van der Waals surface area contributed by atoms with Crippen LogP contribution >= 0.6 is 46.4 Å². The molecule has 20 rings (SSSR count). The van der Waals surface area contributed by atoms with Crippen LogP contribution < -0.4 is 40.9 Å². The zero-order valence-corrected chi connectivity index (χ0v) is 88.0. The summed E-state index contributed by atoms with van der Waals surface area (Å²) in [6, 6.07) is 26.6. The van der Waals surface area contributed by atoms with Crippen molar-refractivity contribution >= 4 is 105 Å². The fourth-order valence-corrected chi connectivity index (χ4v) is 25.5. The minimum Gasteiger partial charge on any atom is -0.481 e. The van der Waals surface area contributed by atoms with Gasteiger partial charge in [-0.05, 0) is 354 Å². The summed E-state index contributed by atoms with van der Waals surface area (Å²) in [7, 11) is 0. The maximum absolute atomic E-state index is 11.5. The van der Waals surface area contributed by atoms with E-state index >= 15 is 0 Å². The first-order valence-electron chi connectivity index (χ1n) is 52.2. The number of anilines is 8. The largest absolute Gasteiger partial charge is 0.481 e. The van der Waals surface area contributed by atoms with E-state index in [1.54, 1.807) is 0 Å². The molecule has 0 radical (unpaired) electrons. The molecule has 4 aromatic carbocycles. The van der Waals surface area contributed by atoms with Crippen LogP contribution in [0.2, 0.25) is 20.1 Å². The fourth-order valence-electron chi connectivity index (χ4n) is 23.9. The summed E-state index contributed by atoms with van der Waals surface area (Å²) in [5.41, 5.74) is 13.3. The van der Waals surface area contributed by atoms with Gasteiger partial charge in [-0.3, -0.25) is 9.59 Å². The Balaban J connectivity index is 0.000000129. The Kier molecular flexibility index (Phi) is 32.8. The molecule has 4 aliphatic carbocycles. The van der Waals surface area contributed by atoms with E-state index in [9.17, 15) is 30.0 Å². The molecule has 3 saturated carbocycles. The molecule has 0 amide bonds. The second-order valence-corrected chi connectivity index (χ2v) is 46.5. The van der Waals surface area contributed by atoms with Crippen LogP contribution in [0.15, 0.2) is 91.4 Å². The molecule has 12 heterocycles. The van der Waals surface area contributed by atoms with Gasteiger partial charge in [0.05, 0.1) is 46.8 Å². The molecule has 8 aliphatic heterocycles. The van der Waals surface area contributed by atoms with Crippen molar-refractivity contribution < 1.29 is 30.0 Å². The number of hydrogen-bond donors (Lipinski definition) is 8. The smallest absolute Gasteiger partial charge is 0.309 e. The van der Waals surface area contributed by atoms with Crippen LogP contribution in [0.3, 0.4) is 0 Å². The van der Waals surface area contributed by atoms with Crippen LogP contribution in [0, 0.1) is 113 Å². The topological polar surface area (TPSA) is 292 Å². The first-order valence-corrected chi connectivity index (χ1v) is 53.7. The van der Waals surface area contributed by atoms with Gasteiger partial charge in [-0.1, -0.05) is 94.9 Å². The molecule has 4 aromatic heterocycles. The second-order valence-electron chi connectivity index (χ2n) is 44.9. The molecular weight excluding hydrogens is 1840 g/mol. The third-order valence-corrected chi connectivity index (χ3v) is 34.4. The van der Waals surface area contributed by atoms with E-state index in [2.05, 4.69) is 165 Å². The number of fused-ring (bicyclic) bond motifs is 1. The normalized spacial score (nSPS) is 25.6. The van der Waals surface area contributed by atoms with Crippen molar-refractivity contribution in [2.45, 2.75) is 254 Å². The molecule has 8 unspecified atom stereocenters. The quantitative estimate of drug-likeness (QED) is 0.0226. The van der Waals surface area contributed by atoms with Gasteiger partial charge in [0.1, 0.15) is 23.3 Å². The number of carboxylic acids is 2. The molecule has 140 heavy (non-hydrogen) atoms. The molecule has 0 bridgehead atoms. The number of aliphatic hydroxyl groups excluding tert-OH is 1. The summed E-state index contributed by atoms with van der Waals surface area (Å²) in [5, 5.41) is 55.6. The number of likely N-dealkylation sites (tertiary alicyclic amines) is 4. The monoisotopic (exact) mass is 1990 g/mol. The van der Waals surface area contributed by atoms with Crippen molar-refractivity contribution in [3.63, 3.8) is 0 Å². The maximum Gasteiger partial charge on any atom is 0.309 e. The number of aliphatic hydroxyl groups is 2. The molecule has 12 aliphatic rings. The van der Waals surface area contributed by atoms with Gasteiger partial charge in [0.25, 0.3) is 0 Å². The predicted molar refractivity (Wildman–Crippen MR) is 565 cm³/mol. The number of carbonyl (C=O) groups is 2. The number of piperidine rings is 4. The number of aliphatic carboxylic acids is 2. The van der Waals surface area contributed by atoms with Gasteiger partial charge in [-0.25, -0.2) is 19.9 Å². The van der Waals surface area contributed by atoms with E-state index in [0.717, 1.165) is 283 Å². The van der Waals surface area contributed by atoms with Gasteiger partial charge >= 0.3 is 11.9 Å². The lowest BCUT2D eigenvalue weighted by molar-refractivity contribution is -0.158. The van der Waals surface area contributed by atoms with Crippen LogP contribution in [0.25, 0.3) is 0 Å². The van der Waals surface area contributed by atoms with Gasteiger partial charge in [0.15, 0.2) is 0 Å². The highest BCUT2D eigenvalue weighted by atomic mass is 35.5. The number of benzene rings is 4. The third-order valence-electron chi connectivity index (χ3n) is 33.1. The molecule has 8 saturated heterocycles. The van der Waals surface area contributed by atoms with Gasteiger partial charge in [-0.2, -0.15) is 19.9 Å². The third kappa shape index (κ3) is 24.5. The van der Waals surface area contributed by atoms with Crippen molar-refractivity contribution in [3.05, 3.63) is 184 Å². The van der Waals surface area contributed by atoms with Crippen LogP contribution in [0.5, 0.6) is 0 Å². The van der Waals surface area contributed by atoms with E-state index in [0.29, 0.717) is 66.2 Å². The van der Waals surface area contributed by atoms with Crippen molar-refractivity contribution in [2.24, 2.45) is 64.6 Å². The number of β-amino-alcohol motifs (C(OH)–C–C–N with tert-alkyl or cyclic N) is 1. The molecule has 8 aromatic rings. The average molecular weight is 1990 g/mol. The molecule has 8 atom stereocenters. The molecule has 756 valence electrons. The van der Waals surface area contributed by atoms with E-state index in [1.165, 1.54) is 88.6 Å². The summed E-state index contributed by atoms with van der Waals surface area (Å²) in [5.74, 6) is 11.5. The van der Waals surface area contributed by atoms with Crippen molar-refractivity contribution in [2.75, 3.05) is 159 Å². The average Bonchev–Trinajstić information content (AvgIpc) is 1.58. The first-order chi connectivity index (χ1) is 67.0. The Hall–Kier alpha value is -8.54. The lowest BCUT2D eigenvalue weighted by atomic mass is 9.65. The lowest BCUT2D eigenvalue weighted by Gasteiger charge is -2.52.